The largest absolute Gasteiger partial charge is 0.545 e. The molecule has 3 nitrogen and oxygen atoms in total. The number of aromatic nitrogens is 1. The van der Waals surface area contributed by atoms with Crippen LogP contribution in [0.1, 0.15) is 0 Å². The van der Waals surface area contributed by atoms with E-state index >= 15 is 0 Å². The zero-order valence-corrected chi connectivity index (χ0v) is 10.8. The van der Waals surface area contributed by atoms with Crippen LogP contribution in [0.25, 0.3) is 10.8 Å². The Morgan fingerprint density at radius 3 is 2.12 bits per heavy atom. The van der Waals surface area contributed by atoms with Crippen LogP contribution in [0.15, 0.2) is 42.7 Å². The molecule has 0 aliphatic carbocycles. The maximum atomic E-state index is 9.51. The summed E-state index contributed by atoms with van der Waals surface area (Å²) in [5, 5.41) is 12.0. The topological polar surface area (TPSA) is 54.3 Å². The molecule has 0 atom stereocenters. The van der Waals surface area contributed by atoms with Gasteiger partial charge in [-0.25, -0.2) is 4.98 Å². The number of pyridine rings is 1. The molecule has 6 heteroatoms. The van der Waals surface area contributed by atoms with Crippen LogP contribution in [0.2, 0.25) is 0 Å². The van der Waals surface area contributed by atoms with Gasteiger partial charge in [-0.2, -0.15) is 0 Å². The van der Waals surface area contributed by atoms with Gasteiger partial charge in [-0.15, -0.1) is 0 Å². The molecule has 0 unspecified atom stereocenters. The molecule has 0 radical (unpaired) electrons. The molecule has 1 aromatic heterocycles. The lowest BCUT2D eigenvalue weighted by Crippen LogP contribution is -2.35. The van der Waals surface area contributed by atoms with Crippen molar-refractivity contribution in [1.29, 1.82) is 0 Å². The third-order valence-electron chi connectivity index (χ3n) is 1.83. The number of carbonyl (C=O) groups excluding carboxylic acids is 1. The number of benzene rings is 1. The average Bonchev–Trinajstić information content (AvgIpc) is 2.29. The van der Waals surface area contributed by atoms with Crippen LogP contribution < -0.4 is 10.1 Å². The predicted molar refractivity (Wildman–Crippen MR) is 65.8 cm³/mol. The van der Waals surface area contributed by atoms with Crippen LogP contribution in [0.5, 0.6) is 0 Å². The number of nitrogens with one attached hydrogen (secondary N) is 1. The second kappa shape index (κ2) is 6.05. The highest BCUT2D eigenvalue weighted by molar-refractivity contribution is 6.75. The zero-order valence-electron chi connectivity index (χ0n) is 8.49. The van der Waals surface area contributed by atoms with Gasteiger partial charge in [0.1, 0.15) is 0 Å². The van der Waals surface area contributed by atoms with Crippen molar-refractivity contribution in [1.82, 2.24) is 0 Å². The Bertz CT molecular complexity index is 446. The number of aromatic amines is 1. The number of halogens is 3. The minimum absolute atomic E-state index is 1.25. The monoisotopic (exact) mass is 291 g/mol. The number of aliphatic carboxylic acids is 1. The number of fused-ring (bicyclic) bond motifs is 1. The van der Waals surface area contributed by atoms with Crippen molar-refractivity contribution in [2.75, 3.05) is 0 Å². The highest BCUT2D eigenvalue weighted by Gasteiger charge is 2.20. The zero-order chi connectivity index (χ0) is 12.9. The first-order valence-corrected chi connectivity index (χ1v) is 5.67. The van der Waals surface area contributed by atoms with Crippen LogP contribution in [0, 0.1) is 0 Å². The summed E-state index contributed by atoms with van der Waals surface area (Å²) in [7, 11) is 0. The Balaban J connectivity index is 0.000000185. The minimum Gasteiger partial charge on any atom is -0.545 e. The third-order valence-corrected chi connectivity index (χ3v) is 2.29. The molecule has 0 saturated heterocycles. The minimum atomic E-state index is -2.28. The molecule has 17 heavy (non-hydrogen) atoms. The number of rotatable bonds is 0. The van der Waals surface area contributed by atoms with Gasteiger partial charge in [0.15, 0.2) is 12.4 Å². The molecule has 2 aromatic rings. The van der Waals surface area contributed by atoms with Gasteiger partial charge in [0.2, 0.25) is 3.79 Å². The molecule has 0 amide bonds. The van der Waals surface area contributed by atoms with Crippen molar-refractivity contribution >= 4 is 51.5 Å². The van der Waals surface area contributed by atoms with Crippen LogP contribution in [0.4, 0.5) is 0 Å². The van der Waals surface area contributed by atoms with Gasteiger partial charge < -0.3 is 9.90 Å². The van der Waals surface area contributed by atoms with E-state index < -0.39 is 9.76 Å². The van der Waals surface area contributed by atoms with E-state index in [2.05, 4.69) is 23.2 Å². The number of hydrogen-bond donors (Lipinski definition) is 0. The number of H-pyrrole nitrogens is 1. The summed E-state index contributed by atoms with van der Waals surface area (Å²) in [6, 6.07) is 10.3. The lowest BCUT2D eigenvalue weighted by molar-refractivity contribution is -0.375. The van der Waals surface area contributed by atoms with Crippen molar-refractivity contribution in [3.8, 4) is 0 Å². The molecule has 90 valence electrons. The molecule has 0 fully saturated rings. The van der Waals surface area contributed by atoms with Crippen molar-refractivity contribution in [2.24, 2.45) is 0 Å². The van der Waals surface area contributed by atoms with Gasteiger partial charge in [-0.3, -0.25) is 0 Å². The molecule has 0 bridgehead atoms. The van der Waals surface area contributed by atoms with Crippen molar-refractivity contribution < 1.29 is 14.9 Å². The first-order chi connectivity index (χ1) is 7.91. The van der Waals surface area contributed by atoms with Crippen molar-refractivity contribution in [3.05, 3.63) is 42.7 Å². The smallest absolute Gasteiger partial charge is 0.230 e. The Labute approximate surface area is 113 Å². The van der Waals surface area contributed by atoms with Gasteiger partial charge in [0.25, 0.3) is 0 Å². The highest BCUT2D eigenvalue weighted by Crippen LogP contribution is 2.24. The number of alkyl halides is 3. The highest BCUT2D eigenvalue weighted by atomic mass is 35.6. The summed E-state index contributed by atoms with van der Waals surface area (Å²) in [6.07, 6.45) is 3.93. The average molecular weight is 293 g/mol. The fourth-order valence-electron chi connectivity index (χ4n) is 1.07. The molecular formula is C11H8Cl3NO2. The SMILES string of the molecule is O=C([O-])C(Cl)(Cl)Cl.c1ccc2c[nH+]ccc2c1. The van der Waals surface area contributed by atoms with E-state index in [0.717, 1.165) is 0 Å². The normalized spacial score (nSPS) is 10.5. The second-order valence-electron chi connectivity index (χ2n) is 3.06. The van der Waals surface area contributed by atoms with E-state index in [1.54, 1.807) is 0 Å². The first kappa shape index (κ1) is 14.0. The van der Waals surface area contributed by atoms with Gasteiger partial charge >= 0.3 is 0 Å². The summed E-state index contributed by atoms with van der Waals surface area (Å²) in [6.45, 7) is 0. The summed E-state index contributed by atoms with van der Waals surface area (Å²) in [5.74, 6) is -1.71. The Hall–Kier alpha value is -1.03. The number of carbonyl (C=O) groups is 1. The van der Waals surface area contributed by atoms with E-state index in [1.807, 2.05) is 24.5 Å². The molecule has 0 aliphatic rings. The fourth-order valence-corrected chi connectivity index (χ4v) is 1.07. The Kier molecular flexibility index (Phi) is 5.00. The number of hydrogen-bond acceptors (Lipinski definition) is 2. The summed E-state index contributed by atoms with van der Waals surface area (Å²) >= 11 is 14.2. The van der Waals surface area contributed by atoms with Gasteiger partial charge in [-0.1, -0.05) is 53.0 Å². The standard InChI is InChI=1S/C9H7N.C2HCl3O2/c1-2-4-9-7-10-6-5-8(9)3-1;3-2(4,5)1(6)7/h1-7H;(H,6,7). The number of carboxylic acids is 1. The van der Waals surface area contributed by atoms with Gasteiger partial charge in [0, 0.05) is 11.5 Å². The van der Waals surface area contributed by atoms with Crippen molar-refractivity contribution in [3.63, 3.8) is 0 Å². The Morgan fingerprint density at radius 1 is 1.12 bits per heavy atom. The molecule has 1 heterocycles. The van der Waals surface area contributed by atoms with E-state index in [0.29, 0.717) is 0 Å². The second-order valence-corrected chi connectivity index (χ2v) is 5.34. The van der Waals surface area contributed by atoms with E-state index in [-0.39, 0.29) is 0 Å². The van der Waals surface area contributed by atoms with Crippen LogP contribution in [0.3, 0.4) is 0 Å². The van der Waals surface area contributed by atoms with Gasteiger partial charge in [0.05, 0.1) is 5.97 Å². The summed E-state index contributed by atoms with van der Waals surface area (Å²) < 4.78 is -2.28. The molecule has 0 aliphatic heterocycles. The maximum Gasteiger partial charge on any atom is 0.230 e. The fraction of sp³-hybridized carbons (Fsp3) is 0.0909. The predicted octanol–water partition coefficient (Wildman–Crippen LogP) is 1.76. The molecule has 1 aromatic carbocycles. The third kappa shape index (κ3) is 4.77. The first-order valence-electron chi connectivity index (χ1n) is 4.54. The lowest BCUT2D eigenvalue weighted by Gasteiger charge is -2.09. The van der Waals surface area contributed by atoms with E-state index in [1.165, 1.54) is 10.8 Å². The maximum absolute atomic E-state index is 9.51. The molecule has 0 saturated carbocycles. The van der Waals surface area contributed by atoms with E-state index in [9.17, 15) is 9.90 Å². The van der Waals surface area contributed by atoms with Crippen LogP contribution >= 0.6 is 34.8 Å². The van der Waals surface area contributed by atoms with Gasteiger partial charge in [-0.05, 0) is 11.5 Å². The molecule has 0 spiro atoms. The molecule has 2 rings (SSSR count). The quantitative estimate of drug-likeness (QED) is 0.695. The molecular weight excluding hydrogens is 284 g/mol. The van der Waals surface area contributed by atoms with Crippen LogP contribution in [-0.4, -0.2) is 9.76 Å². The lowest BCUT2D eigenvalue weighted by atomic mass is 10.2. The summed E-state index contributed by atoms with van der Waals surface area (Å²) in [5.41, 5.74) is 0. The summed E-state index contributed by atoms with van der Waals surface area (Å²) in [4.78, 5) is 12.5. The van der Waals surface area contributed by atoms with Crippen LogP contribution in [-0.2, 0) is 4.79 Å². The Morgan fingerprint density at radius 2 is 1.65 bits per heavy atom. The van der Waals surface area contributed by atoms with E-state index in [4.69, 9.17) is 34.8 Å². The van der Waals surface area contributed by atoms with Crippen molar-refractivity contribution in [2.45, 2.75) is 3.79 Å². The number of carboxylic acid groups (broad SMARTS) is 1. The molecule has 1 N–H and O–H groups in total.